The van der Waals surface area contributed by atoms with Crippen LogP contribution in [0, 0.1) is 17.2 Å². The highest BCUT2D eigenvalue weighted by atomic mass is 16.5. The molecule has 1 rings (SSSR count). The number of hydrogen-bond donors (Lipinski definition) is 1. The molecular formula is C18H24N2O3. The van der Waals surface area contributed by atoms with Crippen molar-refractivity contribution in [1.29, 1.82) is 5.26 Å². The van der Waals surface area contributed by atoms with Gasteiger partial charge in [-0.3, -0.25) is 9.59 Å². The van der Waals surface area contributed by atoms with E-state index in [0.717, 1.165) is 5.56 Å². The van der Waals surface area contributed by atoms with Gasteiger partial charge in [-0.25, -0.2) is 0 Å². The number of esters is 1. The Labute approximate surface area is 137 Å². The summed E-state index contributed by atoms with van der Waals surface area (Å²) in [5, 5.41) is 11.8. The molecule has 124 valence electrons. The molecule has 0 fully saturated rings. The van der Waals surface area contributed by atoms with Gasteiger partial charge in [0.05, 0.1) is 12.0 Å². The summed E-state index contributed by atoms with van der Waals surface area (Å²) >= 11 is 0. The summed E-state index contributed by atoms with van der Waals surface area (Å²) in [7, 11) is 0. The SMILES string of the molecule is CC[C@H](C(=O)OCC(=O)N[C@@](C)(C#N)C(C)C)c1ccccc1. The minimum Gasteiger partial charge on any atom is -0.455 e. The maximum Gasteiger partial charge on any atom is 0.313 e. The van der Waals surface area contributed by atoms with Gasteiger partial charge in [0.15, 0.2) is 6.61 Å². The zero-order chi connectivity index (χ0) is 17.5. The molecule has 0 saturated carbocycles. The van der Waals surface area contributed by atoms with Crippen LogP contribution in [0.15, 0.2) is 30.3 Å². The van der Waals surface area contributed by atoms with Crippen molar-refractivity contribution in [3.8, 4) is 6.07 Å². The van der Waals surface area contributed by atoms with Crippen molar-refractivity contribution in [1.82, 2.24) is 5.32 Å². The first-order valence-corrected chi connectivity index (χ1v) is 7.77. The van der Waals surface area contributed by atoms with Gasteiger partial charge in [0.25, 0.3) is 5.91 Å². The van der Waals surface area contributed by atoms with Crippen molar-refractivity contribution in [2.45, 2.75) is 45.6 Å². The second-order valence-electron chi connectivity index (χ2n) is 6.00. The molecule has 0 aliphatic heterocycles. The van der Waals surface area contributed by atoms with Crippen LogP contribution in [0.25, 0.3) is 0 Å². The highest BCUT2D eigenvalue weighted by Crippen LogP contribution is 2.21. The Morgan fingerprint density at radius 1 is 1.30 bits per heavy atom. The van der Waals surface area contributed by atoms with Crippen molar-refractivity contribution in [3.05, 3.63) is 35.9 Å². The van der Waals surface area contributed by atoms with E-state index in [1.165, 1.54) is 0 Å². The van der Waals surface area contributed by atoms with Crippen LogP contribution in [-0.4, -0.2) is 24.0 Å². The monoisotopic (exact) mass is 316 g/mol. The van der Waals surface area contributed by atoms with Gasteiger partial charge in [0, 0.05) is 0 Å². The summed E-state index contributed by atoms with van der Waals surface area (Å²) in [6.45, 7) is 6.85. The van der Waals surface area contributed by atoms with Gasteiger partial charge < -0.3 is 10.1 Å². The number of hydrogen-bond acceptors (Lipinski definition) is 4. The lowest BCUT2D eigenvalue weighted by Crippen LogP contribution is -2.50. The number of amides is 1. The third kappa shape index (κ3) is 5.10. The number of carbonyl (C=O) groups excluding carboxylic acids is 2. The first-order valence-electron chi connectivity index (χ1n) is 7.77. The smallest absolute Gasteiger partial charge is 0.313 e. The largest absolute Gasteiger partial charge is 0.455 e. The van der Waals surface area contributed by atoms with Gasteiger partial charge in [-0.2, -0.15) is 5.26 Å². The molecule has 0 radical (unpaired) electrons. The van der Waals surface area contributed by atoms with Crippen molar-refractivity contribution in [2.75, 3.05) is 6.61 Å². The number of ether oxygens (including phenoxy) is 1. The van der Waals surface area contributed by atoms with Crippen LogP contribution in [0.1, 0.15) is 45.6 Å². The van der Waals surface area contributed by atoms with E-state index in [1.807, 2.05) is 51.1 Å². The molecule has 23 heavy (non-hydrogen) atoms. The van der Waals surface area contributed by atoms with E-state index in [1.54, 1.807) is 6.92 Å². The van der Waals surface area contributed by atoms with E-state index in [2.05, 4.69) is 11.4 Å². The van der Waals surface area contributed by atoms with Crippen molar-refractivity contribution in [2.24, 2.45) is 5.92 Å². The van der Waals surface area contributed by atoms with E-state index in [4.69, 9.17) is 4.74 Å². The maximum atomic E-state index is 12.2. The van der Waals surface area contributed by atoms with Crippen molar-refractivity contribution in [3.63, 3.8) is 0 Å². The van der Waals surface area contributed by atoms with Gasteiger partial charge in [0.1, 0.15) is 5.54 Å². The van der Waals surface area contributed by atoms with E-state index in [-0.39, 0.29) is 12.5 Å². The molecule has 0 spiro atoms. The molecule has 0 aromatic heterocycles. The lowest BCUT2D eigenvalue weighted by Gasteiger charge is -2.27. The molecule has 2 atom stereocenters. The summed E-state index contributed by atoms with van der Waals surface area (Å²) in [6, 6.07) is 11.4. The lowest BCUT2D eigenvalue weighted by molar-refractivity contribution is -0.150. The van der Waals surface area contributed by atoms with Crippen molar-refractivity contribution < 1.29 is 14.3 Å². The Morgan fingerprint density at radius 3 is 2.39 bits per heavy atom. The second-order valence-corrected chi connectivity index (χ2v) is 6.00. The Hall–Kier alpha value is -2.35. The first kappa shape index (κ1) is 18.7. The standard InChI is InChI=1S/C18H24N2O3/c1-5-15(14-9-7-6-8-10-14)17(22)23-11-16(21)20-18(4,12-19)13(2)3/h6-10,13,15H,5,11H2,1-4H3,(H,20,21)/t15-,18-/m0/s1. The fraction of sp³-hybridized carbons (Fsp3) is 0.500. The molecule has 1 aromatic rings. The highest BCUT2D eigenvalue weighted by Gasteiger charge is 2.30. The molecule has 1 amide bonds. The number of rotatable bonds is 7. The van der Waals surface area contributed by atoms with E-state index < -0.39 is 23.3 Å². The topological polar surface area (TPSA) is 79.2 Å². The molecule has 5 heteroatoms. The Kier molecular flexibility index (Phi) is 6.77. The number of nitrogens with one attached hydrogen (secondary N) is 1. The average Bonchev–Trinajstić information content (AvgIpc) is 2.54. The Bertz CT molecular complexity index is 578. The molecule has 5 nitrogen and oxygen atoms in total. The molecule has 0 bridgehead atoms. The quantitative estimate of drug-likeness (QED) is 0.784. The van der Waals surface area contributed by atoms with E-state index in [0.29, 0.717) is 6.42 Å². The van der Waals surface area contributed by atoms with Crippen LogP contribution in [0.3, 0.4) is 0 Å². The van der Waals surface area contributed by atoms with E-state index >= 15 is 0 Å². The Balaban J connectivity index is 2.62. The van der Waals surface area contributed by atoms with Gasteiger partial charge in [0.2, 0.25) is 0 Å². The van der Waals surface area contributed by atoms with Crippen LogP contribution in [-0.2, 0) is 14.3 Å². The first-order chi connectivity index (χ1) is 10.8. The molecule has 0 aliphatic carbocycles. The number of nitrogens with zero attached hydrogens (tertiary/aromatic N) is 1. The van der Waals surface area contributed by atoms with Gasteiger partial charge in [-0.1, -0.05) is 51.1 Å². The second kappa shape index (κ2) is 8.33. The summed E-state index contributed by atoms with van der Waals surface area (Å²) in [5.41, 5.74) is -0.114. The number of benzene rings is 1. The predicted molar refractivity (Wildman–Crippen MR) is 87.4 cm³/mol. The van der Waals surface area contributed by atoms with Gasteiger partial charge in [-0.15, -0.1) is 0 Å². The van der Waals surface area contributed by atoms with Crippen LogP contribution in [0.5, 0.6) is 0 Å². The molecule has 0 aliphatic rings. The van der Waals surface area contributed by atoms with Gasteiger partial charge >= 0.3 is 5.97 Å². The van der Waals surface area contributed by atoms with Crippen LogP contribution < -0.4 is 5.32 Å². The third-order valence-electron chi connectivity index (χ3n) is 4.03. The molecular weight excluding hydrogens is 292 g/mol. The lowest BCUT2D eigenvalue weighted by atomic mass is 9.90. The molecule has 1 N–H and O–H groups in total. The minimum absolute atomic E-state index is 0.0557. The highest BCUT2D eigenvalue weighted by molar-refractivity contribution is 5.84. The normalized spacial score (nSPS) is 14.4. The van der Waals surface area contributed by atoms with Gasteiger partial charge in [-0.05, 0) is 24.8 Å². The molecule has 0 heterocycles. The fourth-order valence-electron chi connectivity index (χ4n) is 2.09. The summed E-state index contributed by atoms with van der Waals surface area (Å²) in [5.74, 6) is -1.35. The molecule has 0 unspecified atom stereocenters. The zero-order valence-electron chi connectivity index (χ0n) is 14.1. The average molecular weight is 316 g/mol. The predicted octanol–water partition coefficient (Wildman–Crippen LogP) is 2.78. The summed E-state index contributed by atoms with van der Waals surface area (Å²) in [6.07, 6.45) is 0.590. The Morgan fingerprint density at radius 2 is 1.91 bits per heavy atom. The zero-order valence-corrected chi connectivity index (χ0v) is 14.1. The third-order valence-corrected chi connectivity index (χ3v) is 4.03. The fourth-order valence-corrected chi connectivity index (χ4v) is 2.09. The van der Waals surface area contributed by atoms with Crippen LogP contribution >= 0.6 is 0 Å². The summed E-state index contributed by atoms with van der Waals surface area (Å²) in [4.78, 5) is 24.1. The van der Waals surface area contributed by atoms with E-state index in [9.17, 15) is 14.9 Å². The van der Waals surface area contributed by atoms with Crippen LogP contribution in [0.4, 0.5) is 0 Å². The minimum atomic E-state index is -0.979. The van der Waals surface area contributed by atoms with Crippen LogP contribution in [0.2, 0.25) is 0 Å². The number of carbonyl (C=O) groups is 2. The molecule has 0 saturated heterocycles. The maximum absolute atomic E-state index is 12.2. The summed E-state index contributed by atoms with van der Waals surface area (Å²) < 4.78 is 5.12. The number of nitriles is 1. The van der Waals surface area contributed by atoms with Crippen molar-refractivity contribution >= 4 is 11.9 Å². The molecule has 1 aromatic carbocycles.